The summed E-state index contributed by atoms with van der Waals surface area (Å²) in [6.07, 6.45) is 3.18. The molecule has 2 aromatic rings. The molecule has 0 atom stereocenters. The number of likely N-dealkylation sites (N-methyl/N-ethyl adjacent to an activating group) is 1. The summed E-state index contributed by atoms with van der Waals surface area (Å²) in [5, 5.41) is 9.22. The van der Waals surface area contributed by atoms with Crippen LogP contribution in [0.25, 0.3) is 6.08 Å². The zero-order valence-electron chi connectivity index (χ0n) is 14.6. The topological polar surface area (TPSA) is 62.6 Å². The van der Waals surface area contributed by atoms with E-state index in [4.69, 9.17) is 26.3 Å². The number of nitriles is 1. The van der Waals surface area contributed by atoms with Crippen LogP contribution >= 0.6 is 11.6 Å². The highest BCUT2D eigenvalue weighted by molar-refractivity contribution is 6.31. The molecule has 1 amide bonds. The Morgan fingerprint density at radius 2 is 2.04 bits per heavy atom. The molecule has 0 aliphatic rings. The summed E-state index contributed by atoms with van der Waals surface area (Å²) < 4.78 is 10.5. The van der Waals surface area contributed by atoms with Crippen molar-refractivity contribution in [2.24, 2.45) is 0 Å². The quantitative estimate of drug-likeness (QED) is 0.693. The number of methoxy groups -OCH3 is 1. The van der Waals surface area contributed by atoms with Crippen LogP contribution in [0.1, 0.15) is 11.1 Å². The second-order valence-electron chi connectivity index (χ2n) is 5.48. The molecule has 2 rings (SSSR count). The Balaban J connectivity index is 2.05. The monoisotopic (exact) mass is 370 g/mol. The fraction of sp³-hybridized carbons (Fsp3) is 0.200. The number of halogens is 1. The summed E-state index contributed by atoms with van der Waals surface area (Å²) in [4.78, 5) is 13.9. The minimum atomic E-state index is -0.145. The molecule has 0 unspecified atom stereocenters. The molecule has 0 saturated carbocycles. The Morgan fingerprint density at radius 1 is 1.27 bits per heavy atom. The Bertz CT molecular complexity index is 843. The van der Waals surface area contributed by atoms with Crippen molar-refractivity contribution in [2.45, 2.75) is 6.54 Å². The Morgan fingerprint density at radius 3 is 2.73 bits per heavy atom. The predicted octanol–water partition coefficient (Wildman–Crippen LogP) is 3.92. The van der Waals surface area contributed by atoms with Crippen molar-refractivity contribution < 1.29 is 14.3 Å². The van der Waals surface area contributed by atoms with E-state index < -0.39 is 0 Å². The molecule has 2 aromatic carbocycles. The molecule has 134 valence electrons. The average Bonchev–Trinajstić information content (AvgIpc) is 2.66. The van der Waals surface area contributed by atoms with Gasteiger partial charge in [-0.3, -0.25) is 4.79 Å². The molecular weight excluding hydrogens is 352 g/mol. The number of carbonyl (C=O) groups is 1. The van der Waals surface area contributed by atoms with Crippen LogP contribution in [0.3, 0.4) is 0 Å². The van der Waals surface area contributed by atoms with E-state index >= 15 is 0 Å². The van der Waals surface area contributed by atoms with E-state index in [9.17, 15) is 4.79 Å². The van der Waals surface area contributed by atoms with Crippen molar-refractivity contribution in [3.8, 4) is 17.6 Å². The summed E-state index contributed by atoms with van der Waals surface area (Å²) in [5.74, 6) is 0.835. The molecule has 6 heteroatoms. The van der Waals surface area contributed by atoms with Gasteiger partial charge in [-0.1, -0.05) is 35.9 Å². The van der Waals surface area contributed by atoms with Gasteiger partial charge in [0.15, 0.2) is 18.1 Å². The third-order valence-electron chi connectivity index (χ3n) is 3.64. The van der Waals surface area contributed by atoms with Crippen molar-refractivity contribution in [2.75, 3.05) is 20.8 Å². The van der Waals surface area contributed by atoms with Crippen LogP contribution < -0.4 is 9.47 Å². The van der Waals surface area contributed by atoms with Gasteiger partial charge in [0.2, 0.25) is 5.91 Å². The Hall–Kier alpha value is -2.97. The minimum Gasteiger partial charge on any atom is -0.493 e. The fourth-order valence-corrected chi connectivity index (χ4v) is 2.47. The summed E-state index contributed by atoms with van der Waals surface area (Å²) in [6.45, 7) is 0.365. The molecule has 5 nitrogen and oxygen atoms in total. The highest BCUT2D eigenvalue weighted by atomic mass is 35.5. The van der Waals surface area contributed by atoms with E-state index in [1.807, 2.05) is 24.3 Å². The van der Waals surface area contributed by atoms with Gasteiger partial charge >= 0.3 is 0 Å². The van der Waals surface area contributed by atoms with Crippen molar-refractivity contribution in [1.29, 1.82) is 5.26 Å². The summed E-state index contributed by atoms with van der Waals surface area (Å²) in [5.41, 5.74) is 1.67. The van der Waals surface area contributed by atoms with Crippen LogP contribution in [-0.2, 0) is 11.3 Å². The number of ether oxygens (including phenoxy) is 2. The number of rotatable bonds is 7. The molecule has 0 fully saturated rings. The number of hydrogen-bond donors (Lipinski definition) is 0. The Labute approximate surface area is 158 Å². The minimum absolute atomic E-state index is 0.0587. The molecule has 0 bridgehead atoms. The molecule has 0 spiro atoms. The van der Waals surface area contributed by atoms with Gasteiger partial charge in [0, 0.05) is 24.7 Å². The maximum atomic E-state index is 12.3. The first-order valence-corrected chi connectivity index (χ1v) is 8.27. The molecule has 0 N–H and O–H groups in total. The van der Waals surface area contributed by atoms with Crippen molar-refractivity contribution >= 4 is 23.6 Å². The smallest absolute Gasteiger partial charge is 0.246 e. The molecule has 0 radical (unpaired) electrons. The molecule has 0 aromatic heterocycles. The summed E-state index contributed by atoms with van der Waals surface area (Å²) in [6, 6.07) is 14.6. The van der Waals surface area contributed by atoms with Crippen molar-refractivity contribution in [3.63, 3.8) is 0 Å². The van der Waals surface area contributed by atoms with Gasteiger partial charge in [-0.05, 0) is 35.4 Å². The van der Waals surface area contributed by atoms with Gasteiger partial charge in [-0.15, -0.1) is 0 Å². The summed E-state index contributed by atoms with van der Waals surface area (Å²) in [7, 11) is 3.24. The lowest BCUT2D eigenvalue weighted by Gasteiger charge is -2.16. The maximum absolute atomic E-state index is 12.3. The highest BCUT2D eigenvalue weighted by Gasteiger charge is 2.09. The molecule has 0 aliphatic carbocycles. The molecule has 0 aliphatic heterocycles. The predicted molar refractivity (Wildman–Crippen MR) is 101 cm³/mol. The molecule has 0 saturated heterocycles. The van der Waals surface area contributed by atoms with Gasteiger partial charge < -0.3 is 14.4 Å². The number of benzene rings is 2. The number of amides is 1. The van der Waals surface area contributed by atoms with E-state index in [1.165, 1.54) is 13.2 Å². The standard InChI is InChI=1S/C20H19ClN2O3/c1-23(14-16-5-3-4-6-17(16)21)20(24)10-8-15-7-9-18(26-12-11-22)19(13-15)25-2/h3-10,13H,12,14H2,1-2H3/b10-8+. The Kier molecular flexibility index (Phi) is 7.07. The first-order valence-electron chi connectivity index (χ1n) is 7.89. The normalized spacial score (nSPS) is 10.4. The third kappa shape index (κ3) is 5.27. The van der Waals surface area contributed by atoms with Crippen LogP contribution in [0.5, 0.6) is 11.5 Å². The van der Waals surface area contributed by atoms with Gasteiger partial charge in [0.1, 0.15) is 6.07 Å². The van der Waals surface area contributed by atoms with E-state index in [1.54, 1.807) is 42.3 Å². The van der Waals surface area contributed by atoms with Crippen LogP contribution in [-0.4, -0.2) is 31.6 Å². The second kappa shape index (κ2) is 9.50. The molecular formula is C20H19ClN2O3. The van der Waals surface area contributed by atoms with E-state index in [-0.39, 0.29) is 12.5 Å². The van der Waals surface area contributed by atoms with Gasteiger partial charge in [0.25, 0.3) is 0 Å². The van der Waals surface area contributed by atoms with Crippen molar-refractivity contribution in [3.05, 3.63) is 64.7 Å². The lowest BCUT2D eigenvalue weighted by molar-refractivity contribution is -0.125. The first kappa shape index (κ1) is 19.4. The van der Waals surface area contributed by atoms with Crippen LogP contribution in [0.15, 0.2) is 48.5 Å². The van der Waals surface area contributed by atoms with E-state index in [2.05, 4.69) is 0 Å². The number of hydrogen-bond acceptors (Lipinski definition) is 4. The van der Waals surface area contributed by atoms with Gasteiger partial charge in [-0.25, -0.2) is 0 Å². The van der Waals surface area contributed by atoms with Crippen LogP contribution in [0.4, 0.5) is 0 Å². The van der Waals surface area contributed by atoms with Gasteiger partial charge in [-0.2, -0.15) is 5.26 Å². The zero-order valence-corrected chi connectivity index (χ0v) is 15.4. The van der Waals surface area contributed by atoms with Gasteiger partial charge in [0.05, 0.1) is 7.11 Å². The SMILES string of the molecule is COc1cc(/C=C/C(=O)N(C)Cc2ccccc2Cl)ccc1OCC#N. The highest BCUT2D eigenvalue weighted by Crippen LogP contribution is 2.28. The lowest BCUT2D eigenvalue weighted by Crippen LogP contribution is -2.24. The van der Waals surface area contributed by atoms with E-state index in [0.29, 0.717) is 23.1 Å². The fourth-order valence-electron chi connectivity index (χ4n) is 2.27. The average molecular weight is 371 g/mol. The largest absolute Gasteiger partial charge is 0.493 e. The zero-order chi connectivity index (χ0) is 18.9. The molecule has 26 heavy (non-hydrogen) atoms. The summed E-state index contributed by atoms with van der Waals surface area (Å²) >= 11 is 6.13. The number of nitrogens with zero attached hydrogens (tertiary/aromatic N) is 2. The molecule has 0 heterocycles. The second-order valence-corrected chi connectivity index (χ2v) is 5.88. The van der Waals surface area contributed by atoms with Crippen molar-refractivity contribution in [1.82, 2.24) is 4.90 Å². The third-order valence-corrected chi connectivity index (χ3v) is 4.01. The van der Waals surface area contributed by atoms with Crippen LogP contribution in [0.2, 0.25) is 5.02 Å². The van der Waals surface area contributed by atoms with E-state index in [0.717, 1.165) is 11.1 Å². The maximum Gasteiger partial charge on any atom is 0.246 e. The first-order chi connectivity index (χ1) is 12.5. The number of carbonyl (C=O) groups excluding carboxylic acids is 1. The van der Waals surface area contributed by atoms with Crippen LogP contribution in [0, 0.1) is 11.3 Å². The lowest BCUT2D eigenvalue weighted by atomic mass is 10.1.